The zero-order valence-electron chi connectivity index (χ0n) is 14.7. The van der Waals surface area contributed by atoms with Crippen molar-refractivity contribution in [2.24, 2.45) is 7.05 Å². The van der Waals surface area contributed by atoms with Crippen LogP contribution in [0.25, 0.3) is 21.9 Å². The topological polar surface area (TPSA) is 92.7 Å². The van der Waals surface area contributed by atoms with Crippen molar-refractivity contribution in [1.82, 2.24) is 19.5 Å². The first-order valence-corrected chi connectivity index (χ1v) is 8.71. The zero-order valence-corrected chi connectivity index (χ0v) is 15.4. The van der Waals surface area contributed by atoms with E-state index in [9.17, 15) is 9.59 Å². The third kappa shape index (κ3) is 3.17. The monoisotopic (exact) mass is 381 g/mol. The molecule has 0 unspecified atom stereocenters. The van der Waals surface area contributed by atoms with Crippen molar-refractivity contribution in [3.63, 3.8) is 0 Å². The predicted octanol–water partition coefficient (Wildman–Crippen LogP) is 3.00. The van der Waals surface area contributed by atoms with Crippen LogP contribution in [0.5, 0.6) is 0 Å². The molecule has 27 heavy (non-hydrogen) atoms. The average molecular weight is 382 g/mol. The molecule has 0 amide bonds. The Bertz CT molecular complexity index is 1300. The van der Waals surface area contributed by atoms with Crippen LogP contribution in [0.3, 0.4) is 0 Å². The van der Waals surface area contributed by atoms with Gasteiger partial charge in [-0.3, -0.25) is 9.59 Å². The second-order valence-corrected chi connectivity index (χ2v) is 6.80. The Labute approximate surface area is 158 Å². The summed E-state index contributed by atoms with van der Waals surface area (Å²) in [6.07, 6.45) is 2.85. The van der Waals surface area contributed by atoms with Gasteiger partial charge in [0.1, 0.15) is 11.3 Å². The maximum Gasteiger partial charge on any atom is 0.269 e. The smallest absolute Gasteiger partial charge is 0.269 e. The third-order valence-corrected chi connectivity index (χ3v) is 4.77. The number of pyridine rings is 2. The quantitative estimate of drug-likeness (QED) is 0.569. The van der Waals surface area contributed by atoms with Crippen molar-refractivity contribution in [2.75, 3.05) is 5.32 Å². The van der Waals surface area contributed by atoms with Gasteiger partial charge in [0.05, 0.1) is 24.0 Å². The molecule has 1 aromatic carbocycles. The maximum atomic E-state index is 12.5. The van der Waals surface area contributed by atoms with E-state index in [0.29, 0.717) is 27.4 Å². The molecule has 1 atom stereocenters. The molecule has 0 aliphatic rings. The fourth-order valence-corrected chi connectivity index (χ4v) is 3.21. The lowest BCUT2D eigenvalue weighted by molar-refractivity contribution is 0.854. The fourth-order valence-electron chi connectivity index (χ4n) is 3.03. The van der Waals surface area contributed by atoms with E-state index in [1.54, 1.807) is 37.5 Å². The molecule has 2 N–H and O–H groups in total. The number of aryl methyl sites for hydroxylation is 1. The van der Waals surface area contributed by atoms with Crippen molar-refractivity contribution >= 4 is 39.4 Å². The van der Waals surface area contributed by atoms with Crippen LogP contribution in [0.4, 0.5) is 5.82 Å². The van der Waals surface area contributed by atoms with E-state index in [1.165, 1.54) is 10.8 Å². The SMILES string of the molecule is C[C@H](Nc1cc2c(cn1)ncc(=O)n2C)c1cc2cc(Cl)ccc2[nH]c1=O. The molecule has 3 aromatic heterocycles. The number of rotatable bonds is 3. The van der Waals surface area contributed by atoms with Gasteiger partial charge in [0, 0.05) is 34.6 Å². The summed E-state index contributed by atoms with van der Waals surface area (Å²) in [7, 11) is 1.68. The van der Waals surface area contributed by atoms with Gasteiger partial charge in [-0.15, -0.1) is 0 Å². The Morgan fingerprint density at radius 3 is 2.78 bits per heavy atom. The van der Waals surface area contributed by atoms with E-state index >= 15 is 0 Å². The number of aromatic nitrogens is 4. The first-order valence-electron chi connectivity index (χ1n) is 8.33. The highest BCUT2D eigenvalue weighted by atomic mass is 35.5. The number of nitrogens with one attached hydrogen (secondary N) is 2. The molecule has 4 aromatic rings. The fraction of sp³-hybridized carbons (Fsp3) is 0.158. The molecule has 0 saturated heterocycles. The summed E-state index contributed by atoms with van der Waals surface area (Å²) in [5.41, 5.74) is 2.19. The highest BCUT2D eigenvalue weighted by Gasteiger charge is 2.13. The molecule has 0 bridgehead atoms. The van der Waals surface area contributed by atoms with Crippen LogP contribution in [0.2, 0.25) is 5.02 Å². The van der Waals surface area contributed by atoms with Gasteiger partial charge in [-0.1, -0.05) is 11.6 Å². The van der Waals surface area contributed by atoms with Crippen LogP contribution < -0.4 is 16.4 Å². The molecular weight excluding hydrogens is 366 g/mol. The molecule has 0 aliphatic heterocycles. The summed E-state index contributed by atoms with van der Waals surface area (Å²) in [6.45, 7) is 1.87. The van der Waals surface area contributed by atoms with E-state index in [-0.39, 0.29) is 17.2 Å². The molecule has 3 heterocycles. The lowest BCUT2D eigenvalue weighted by atomic mass is 10.1. The summed E-state index contributed by atoms with van der Waals surface area (Å²) in [5, 5.41) is 4.66. The number of H-pyrrole nitrogens is 1. The van der Waals surface area contributed by atoms with E-state index in [0.717, 1.165) is 10.9 Å². The number of fused-ring (bicyclic) bond motifs is 2. The second kappa shape index (κ2) is 6.51. The number of benzene rings is 1. The van der Waals surface area contributed by atoms with Crippen LogP contribution >= 0.6 is 11.6 Å². The van der Waals surface area contributed by atoms with Crippen molar-refractivity contribution in [2.45, 2.75) is 13.0 Å². The number of halogens is 1. The molecule has 0 spiro atoms. The summed E-state index contributed by atoms with van der Waals surface area (Å²) in [6, 6.07) is 8.56. The number of nitrogens with zero attached hydrogens (tertiary/aromatic N) is 3. The molecule has 0 radical (unpaired) electrons. The van der Waals surface area contributed by atoms with Gasteiger partial charge in [0.2, 0.25) is 0 Å². The standard InChI is InChI=1S/C19H16ClN5O2/c1-10(13-6-11-5-12(20)3-4-14(11)24-19(13)27)23-17-7-16-15(8-22-17)21-9-18(26)25(16)2/h3-10H,1-2H3,(H,22,23)(H,24,27)/t10-/m0/s1. The second-order valence-electron chi connectivity index (χ2n) is 6.37. The molecule has 0 fully saturated rings. The van der Waals surface area contributed by atoms with Gasteiger partial charge in [-0.2, -0.15) is 0 Å². The van der Waals surface area contributed by atoms with E-state index in [4.69, 9.17) is 11.6 Å². The molecule has 0 saturated carbocycles. The van der Waals surface area contributed by atoms with Crippen molar-refractivity contribution < 1.29 is 0 Å². The number of aromatic amines is 1. The first kappa shape index (κ1) is 17.2. The third-order valence-electron chi connectivity index (χ3n) is 4.53. The van der Waals surface area contributed by atoms with Gasteiger partial charge in [-0.05, 0) is 31.2 Å². The van der Waals surface area contributed by atoms with Crippen molar-refractivity contribution in [3.8, 4) is 0 Å². The van der Waals surface area contributed by atoms with Crippen molar-refractivity contribution in [3.05, 3.63) is 74.0 Å². The maximum absolute atomic E-state index is 12.5. The lowest BCUT2D eigenvalue weighted by Gasteiger charge is -2.15. The molecule has 4 rings (SSSR count). The Hall–Kier alpha value is -3.19. The minimum atomic E-state index is -0.309. The zero-order chi connectivity index (χ0) is 19.1. The molecule has 136 valence electrons. The highest BCUT2D eigenvalue weighted by molar-refractivity contribution is 6.31. The minimum absolute atomic E-state index is 0.181. The largest absolute Gasteiger partial charge is 0.363 e. The molecular formula is C19H16ClN5O2. The van der Waals surface area contributed by atoms with Crippen LogP contribution in [-0.2, 0) is 7.05 Å². The van der Waals surface area contributed by atoms with Crippen LogP contribution in [0.15, 0.2) is 52.3 Å². The highest BCUT2D eigenvalue weighted by Crippen LogP contribution is 2.22. The van der Waals surface area contributed by atoms with E-state index in [1.807, 2.05) is 13.0 Å². The predicted molar refractivity (Wildman–Crippen MR) is 106 cm³/mol. The molecule has 8 heteroatoms. The van der Waals surface area contributed by atoms with Crippen molar-refractivity contribution in [1.29, 1.82) is 0 Å². The number of anilines is 1. The normalized spacial score (nSPS) is 12.4. The Morgan fingerprint density at radius 2 is 1.96 bits per heavy atom. The summed E-state index contributed by atoms with van der Waals surface area (Å²) in [5.74, 6) is 0.545. The van der Waals surface area contributed by atoms with Gasteiger partial charge in [0.25, 0.3) is 11.1 Å². The van der Waals surface area contributed by atoms with Gasteiger partial charge < -0.3 is 14.9 Å². The van der Waals surface area contributed by atoms with Crippen LogP contribution in [-0.4, -0.2) is 19.5 Å². The van der Waals surface area contributed by atoms with E-state index < -0.39 is 0 Å². The summed E-state index contributed by atoms with van der Waals surface area (Å²) < 4.78 is 1.50. The summed E-state index contributed by atoms with van der Waals surface area (Å²) in [4.78, 5) is 35.5. The minimum Gasteiger partial charge on any atom is -0.363 e. The molecule has 0 aliphatic carbocycles. The lowest BCUT2D eigenvalue weighted by Crippen LogP contribution is -2.20. The average Bonchev–Trinajstić information content (AvgIpc) is 2.65. The van der Waals surface area contributed by atoms with Gasteiger partial charge in [-0.25, -0.2) is 9.97 Å². The van der Waals surface area contributed by atoms with Crippen LogP contribution in [0, 0.1) is 0 Å². The van der Waals surface area contributed by atoms with E-state index in [2.05, 4.69) is 20.3 Å². The van der Waals surface area contributed by atoms with Gasteiger partial charge in [0.15, 0.2) is 0 Å². The first-order chi connectivity index (χ1) is 12.9. The van der Waals surface area contributed by atoms with Crippen LogP contribution in [0.1, 0.15) is 18.5 Å². The Kier molecular flexibility index (Phi) is 4.16. The molecule has 7 nitrogen and oxygen atoms in total. The number of hydrogen-bond donors (Lipinski definition) is 2. The summed E-state index contributed by atoms with van der Waals surface area (Å²) >= 11 is 6.05. The van der Waals surface area contributed by atoms with Gasteiger partial charge >= 0.3 is 0 Å². The Balaban J connectivity index is 1.72. The number of hydrogen-bond acceptors (Lipinski definition) is 5. The Morgan fingerprint density at radius 1 is 1.15 bits per heavy atom.